The second-order valence-corrected chi connectivity index (χ2v) is 6.53. The van der Waals surface area contributed by atoms with Crippen molar-refractivity contribution in [2.45, 2.75) is 33.6 Å². The van der Waals surface area contributed by atoms with Gasteiger partial charge in [0.1, 0.15) is 23.2 Å². The van der Waals surface area contributed by atoms with Crippen LogP contribution in [0.2, 0.25) is 0 Å². The molecule has 124 valence electrons. The first kappa shape index (κ1) is 17.4. The highest BCUT2D eigenvalue weighted by atomic mass is 16.5. The Bertz CT molecular complexity index is 769. The minimum atomic E-state index is -0.529. The molecule has 1 aromatic carbocycles. The number of nitrogens with zero attached hydrogens (tertiary/aromatic N) is 2. The number of allylic oxidation sites excluding steroid dienone is 3. The van der Waals surface area contributed by atoms with E-state index in [0.717, 1.165) is 11.3 Å². The van der Waals surface area contributed by atoms with Crippen molar-refractivity contribution in [3.8, 4) is 17.9 Å². The van der Waals surface area contributed by atoms with Gasteiger partial charge in [0.05, 0.1) is 24.2 Å². The minimum Gasteiger partial charge on any atom is -0.494 e. The SMILES string of the molecule is CCOc1ccc(C2C(C#N)=C(N)OC(C(C)(C)C)=C2C#N)cc1. The van der Waals surface area contributed by atoms with Crippen LogP contribution in [0.25, 0.3) is 0 Å². The molecule has 1 aliphatic heterocycles. The lowest BCUT2D eigenvalue weighted by atomic mass is 9.79. The maximum absolute atomic E-state index is 9.71. The molecule has 1 atom stereocenters. The topological polar surface area (TPSA) is 92.1 Å². The number of rotatable bonds is 3. The van der Waals surface area contributed by atoms with E-state index in [1.165, 1.54) is 0 Å². The van der Waals surface area contributed by atoms with E-state index in [-0.39, 0.29) is 11.5 Å². The van der Waals surface area contributed by atoms with Crippen LogP contribution in [0.1, 0.15) is 39.2 Å². The molecule has 0 aromatic heterocycles. The molecule has 0 saturated carbocycles. The van der Waals surface area contributed by atoms with Crippen LogP contribution in [-0.2, 0) is 4.74 Å². The highest BCUT2D eigenvalue weighted by molar-refractivity contribution is 5.54. The Morgan fingerprint density at radius 3 is 2.17 bits per heavy atom. The first-order valence-corrected chi connectivity index (χ1v) is 7.78. The van der Waals surface area contributed by atoms with Crippen LogP contribution in [0.5, 0.6) is 5.75 Å². The van der Waals surface area contributed by atoms with Crippen molar-refractivity contribution in [3.05, 3.63) is 52.6 Å². The van der Waals surface area contributed by atoms with Gasteiger partial charge in [-0.3, -0.25) is 0 Å². The fraction of sp³-hybridized carbons (Fsp3) is 0.368. The molecule has 24 heavy (non-hydrogen) atoms. The summed E-state index contributed by atoms with van der Waals surface area (Å²) in [4.78, 5) is 0. The van der Waals surface area contributed by atoms with E-state index in [4.69, 9.17) is 15.2 Å². The molecule has 5 heteroatoms. The average molecular weight is 323 g/mol. The molecular weight excluding hydrogens is 302 g/mol. The number of nitriles is 2. The molecule has 0 spiro atoms. The predicted octanol–water partition coefficient (Wildman–Crippen LogP) is 3.72. The van der Waals surface area contributed by atoms with Crippen molar-refractivity contribution in [2.75, 3.05) is 6.61 Å². The molecule has 5 nitrogen and oxygen atoms in total. The summed E-state index contributed by atoms with van der Waals surface area (Å²) in [5, 5.41) is 19.2. The van der Waals surface area contributed by atoms with Gasteiger partial charge in [0, 0.05) is 5.41 Å². The van der Waals surface area contributed by atoms with Crippen LogP contribution in [0.3, 0.4) is 0 Å². The maximum atomic E-state index is 9.71. The summed E-state index contributed by atoms with van der Waals surface area (Å²) in [7, 11) is 0. The van der Waals surface area contributed by atoms with Crippen LogP contribution >= 0.6 is 0 Å². The van der Waals surface area contributed by atoms with Gasteiger partial charge >= 0.3 is 0 Å². The lowest BCUT2D eigenvalue weighted by Crippen LogP contribution is -2.26. The summed E-state index contributed by atoms with van der Waals surface area (Å²) >= 11 is 0. The van der Waals surface area contributed by atoms with Crippen molar-refractivity contribution in [2.24, 2.45) is 11.1 Å². The molecule has 0 radical (unpaired) electrons. The number of hydrogen-bond acceptors (Lipinski definition) is 5. The van der Waals surface area contributed by atoms with Crippen molar-refractivity contribution < 1.29 is 9.47 Å². The molecule has 1 aromatic rings. The predicted molar refractivity (Wildman–Crippen MR) is 90.4 cm³/mol. The van der Waals surface area contributed by atoms with Gasteiger partial charge in [-0.25, -0.2) is 0 Å². The van der Waals surface area contributed by atoms with E-state index in [2.05, 4.69) is 12.1 Å². The fourth-order valence-corrected chi connectivity index (χ4v) is 2.69. The number of benzene rings is 1. The summed E-state index contributed by atoms with van der Waals surface area (Å²) in [6.45, 7) is 8.32. The number of hydrogen-bond donors (Lipinski definition) is 1. The van der Waals surface area contributed by atoms with Crippen LogP contribution in [0, 0.1) is 28.1 Å². The molecule has 2 N–H and O–H groups in total. The summed E-state index contributed by atoms with van der Waals surface area (Å²) in [5.41, 5.74) is 7.04. The third-order valence-electron chi connectivity index (χ3n) is 3.75. The second-order valence-electron chi connectivity index (χ2n) is 6.53. The molecule has 2 rings (SSSR count). The minimum absolute atomic E-state index is 0.0558. The molecule has 1 aliphatic rings. The third-order valence-corrected chi connectivity index (χ3v) is 3.75. The normalized spacial score (nSPS) is 17.8. The first-order valence-electron chi connectivity index (χ1n) is 7.78. The largest absolute Gasteiger partial charge is 0.494 e. The van der Waals surface area contributed by atoms with Crippen molar-refractivity contribution >= 4 is 0 Å². The Labute approximate surface area is 142 Å². The Hall–Kier alpha value is -2.92. The molecule has 0 saturated heterocycles. The average Bonchev–Trinajstić information content (AvgIpc) is 2.54. The van der Waals surface area contributed by atoms with Crippen LogP contribution in [0.4, 0.5) is 0 Å². The zero-order chi connectivity index (χ0) is 17.9. The van der Waals surface area contributed by atoms with Crippen molar-refractivity contribution in [3.63, 3.8) is 0 Å². The molecule has 0 fully saturated rings. The Morgan fingerprint density at radius 1 is 1.12 bits per heavy atom. The van der Waals surface area contributed by atoms with E-state index in [9.17, 15) is 10.5 Å². The Balaban J connectivity index is 2.61. The van der Waals surface area contributed by atoms with Gasteiger partial charge < -0.3 is 15.2 Å². The molecular formula is C19H21N3O2. The molecule has 0 aliphatic carbocycles. The molecule has 0 amide bonds. The van der Waals surface area contributed by atoms with Gasteiger partial charge in [0.2, 0.25) is 5.88 Å². The van der Waals surface area contributed by atoms with E-state index in [1.54, 1.807) is 0 Å². The van der Waals surface area contributed by atoms with E-state index in [1.807, 2.05) is 52.0 Å². The fourth-order valence-electron chi connectivity index (χ4n) is 2.69. The van der Waals surface area contributed by atoms with Gasteiger partial charge in [-0.1, -0.05) is 32.9 Å². The number of ether oxygens (including phenoxy) is 2. The van der Waals surface area contributed by atoms with Gasteiger partial charge in [-0.15, -0.1) is 0 Å². The Morgan fingerprint density at radius 2 is 1.71 bits per heavy atom. The van der Waals surface area contributed by atoms with E-state index in [0.29, 0.717) is 17.9 Å². The molecule has 0 bridgehead atoms. The monoisotopic (exact) mass is 323 g/mol. The van der Waals surface area contributed by atoms with Gasteiger partial charge in [0.25, 0.3) is 0 Å². The van der Waals surface area contributed by atoms with Crippen molar-refractivity contribution in [1.82, 2.24) is 0 Å². The quantitative estimate of drug-likeness (QED) is 0.915. The van der Waals surface area contributed by atoms with Crippen LogP contribution in [0.15, 0.2) is 47.1 Å². The van der Waals surface area contributed by atoms with Crippen LogP contribution in [-0.4, -0.2) is 6.61 Å². The van der Waals surface area contributed by atoms with Gasteiger partial charge in [-0.2, -0.15) is 10.5 Å². The summed E-state index contributed by atoms with van der Waals surface area (Å²) in [5.74, 6) is 0.765. The maximum Gasteiger partial charge on any atom is 0.205 e. The third kappa shape index (κ3) is 3.21. The zero-order valence-corrected chi connectivity index (χ0v) is 14.4. The molecule has 1 heterocycles. The summed E-state index contributed by atoms with van der Waals surface area (Å²) in [6.07, 6.45) is 0. The smallest absolute Gasteiger partial charge is 0.205 e. The first-order chi connectivity index (χ1) is 11.3. The number of nitrogens with two attached hydrogens (primary N) is 1. The van der Waals surface area contributed by atoms with E-state index >= 15 is 0 Å². The van der Waals surface area contributed by atoms with E-state index < -0.39 is 11.3 Å². The van der Waals surface area contributed by atoms with Crippen LogP contribution < -0.4 is 10.5 Å². The van der Waals surface area contributed by atoms with Gasteiger partial charge in [-0.05, 0) is 24.6 Å². The lowest BCUT2D eigenvalue weighted by Gasteiger charge is -2.32. The Kier molecular flexibility index (Phi) is 4.85. The standard InChI is InChI=1S/C19H21N3O2/c1-5-23-13-8-6-12(7-9-13)16-14(10-20)17(19(2,3)4)24-18(22)15(16)11-21/h6-9,16H,5,22H2,1-4H3. The second kappa shape index (κ2) is 6.68. The summed E-state index contributed by atoms with van der Waals surface area (Å²) in [6, 6.07) is 11.7. The highest BCUT2D eigenvalue weighted by Crippen LogP contribution is 2.44. The van der Waals surface area contributed by atoms with Gasteiger partial charge in [0.15, 0.2) is 0 Å². The van der Waals surface area contributed by atoms with Crippen molar-refractivity contribution in [1.29, 1.82) is 10.5 Å². The molecule has 1 unspecified atom stereocenters. The highest BCUT2D eigenvalue weighted by Gasteiger charge is 2.37. The summed E-state index contributed by atoms with van der Waals surface area (Å²) < 4.78 is 11.1. The zero-order valence-electron chi connectivity index (χ0n) is 14.4. The lowest BCUT2D eigenvalue weighted by molar-refractivity contribution is 0.199.